The van der Waals surface area contributed by atoms with Crippen LogP contribution in [0.4, 0.5) is 0 Å². The summed E-state index contributed by atoms with van der Waals surface area (Å²) in [6.45, 7) is 11.1. The highest BCUT2D eigenvalue weighted by molar-refractivity contribution is 7.80. The molecule has 0 aliphatic rings. The maximum Gasteiger partial charge on any atom is 0.0295 e. The largest absolute Gasteiger partial charge is 0.313 e. The normalized spacial score (nSPS) is 12.4. The average molecular weight is 375 g/mol. The zero-order valence-electron chi connectivity index (χ0n) is 17.3. The smallest absolute Gasteiger partial charge is 0.0295 e. The van der Waals surface area contributed by atoms with Crippen LogP contribution in [-0.2, 0) is 0 Å². The second-order valence-corrected chi connectivity index (χ2v) is 9.78. The van der Waals surface area contributed by atoms with E-state index in [2.05, 4.69) is 101 Å². The lowest BCUT2D eigenvalue weighted by Crippen LogP contribution is -2.27. The summed E-state index contributed by atoms with van der Waals surface area (Å²) in [5.74, 6) is 0. The predicted molar refractivity (Wildman–Crippen MR) is 122 cm³/mol. The van der Waals surface area contributed by atoms with E-state index in [1.165, 1.54) is 43.7 Å². The number of hydrogen-bond acceptors (Lipinski definition) is 1. The summed E-state index contributed by atoms with van der Waals surface area (Å²) in [6.07, 6.45) is 0. The fraction of sp³-hybridized carbons (Fsp3) is 0.280. The van der Waals surface area contributed by atoms with Gasteiger partial charge in [0.15, 0.2) is 0 Å². The quantitative estimate of drug-likeness (QED) is 0.622. The van der Waals surface area contributed by atoms with Crippen LogP contribution in [0.15, 0.2) is 60.7 Å². The Hall–Kier alpha value is -1.95. The molecule has 0 aliphatic heterocycles. The molecule has 0 heterocycles. The molecule has 1 unspecified atom stereocenters. The van der Waals surface area contributed by atoms with Crippen molar-refractivity contribution in [2.75, 3.05) is 7.05 Å². The number of rotatable bonds is 5. The van der Waals surface area contributed by atoms with Crippen LogP contribution >= 0.6 is 7.92 Å². The van der Waals surface area contributed by atoms with Crippen molar-refractivity contribution in [3.8, 4) is 0 Å². The molecule has 0 aliphatic carbocycles. The third-order valence-electron chi connectivity index (χ3n) is 5.01. The molecule has 3 aromatic carbocycles. The average Bonchev–Trinajstić information content (AvgIpc) is 2.60. The summed E-state index contributed by atoms with van der Waals surface area (Å²) in [5, 5.41) is 7.75. The summed E-state index contributed by atoms with van der Waals surface area (Å²) in [5.41, 5.74) is 6.73. The van der Waals surface area contributed by atoms with Crippen LogP contribution in [0.25, 0.3) is 0 Å². The molecule has 0 radical (unpaired) electrons. The maximum absolute atomic E-state index is 3.44. The van der Waals surface area contributed by atoms with Crippen molar-refractivity contribution in [2.24, 2.45) is 0 Å². The number of nitrogens with one attached hydrogen (secondary N) is 1. The Morgan fingerprint density at radius 2 is 1.15 bits per heavy atom. The van der Waals surface area contributed by atoms with E-state index in [4.69, 9.17) is 0 Å². The molecule has 1 nitrogen and oxygen atoms in total. The Morgan fingerprint density at radius 1 is 0.704 bits per heavy atom. The first-order chi connectivity index (χ1) is 12.9. The molecule has 0 fully saturated rings. The number of benzene rings is 3. The van der Waals surface area contributed by atoms with E-state index in [1.807, 2.05) is 7.05 Å². The highest BCUT2D eigenvalue weighted by Crippen LogP contribution is 2.36. The van der Waals surface area contributed by atoms with E-state index in [9.17, 15) is 0 Å². The highest BCUT2D eigenvalue weighted by Gasteiger charge is 2.22. The number of aryl methyl sites for hydroxylation is 4. The molecule has 2 heteroatoms. The van der Waals surface area contributed by atoms with Crippen LogP contribution in [0.1, 0.15) is 40.8 Å². The predicted octanol–water partition coefficient (Wildman–Crippen LogP) is 4.96. The Morgan fingerprint density at radius 3 is 1.59 bits per heavy atom. The van der Waals surface area contributed by atoms with Gasteiger partial charge in [-0.15, -0.1) is 0 Å². The van der Waals surface area contributed by atoms with Crippen LogP contribution in [0, 0.1) is 27.7 Å². The van der Waals surface area contributed by atoms with Crippen LogP contribution in [-0.4, -0.2) is 7.05 Å². The second kappa shape index (κ2) is 8.38. The summed E-state index contributed by atoms with van der Waals surface area (Å²) >= 11 is 0. The Kier molecular flexibility index (Phi) is 6.15. The van der Waals surface area contributed by atoms with Gasteiger partial charge >= 0.3 is 0 Å². The van der Waals surface area contributed by atoms with Crippen molar-refractivity contribution >= 4 is 23.8 Å². The molecule has 0 amide bonds. The molecular formula is C25H30NP. The van der Waals surface area contributed by atoms with E-state index in [0.717, 1.165) is 0 Å². The van der Waals surface area contributed by atoms with Crippen molar-refractivity contribution in [1.29, 1.82) is 0 Å². The van der Waals surface area contributed by atoms with Crippen molar-refractivity contribution < 1.29 is 0 Å². The van der Waals surface area contributed by atoms with Crippen LogP contribution in [0.3, 0.4) is 0 Å². The standard InChI is InChI=1S/C25H30NP/c1-17-11-18(2)14-22(13-17)27(23-15-19(3)12-20(4)16-23)25-10-8-7-9-24(25)21(5)26-6/h7-16,21,26H,1-6H3. The monoisotopic (exact) mass is 375 g/mol. The first-order valence-corrected chi connectivity index (χ1v) is 11.0. The summed E-state index contributed by atoms with van der Waals surface area (Å²) in [4.78, 5) is 0. The molecule has 1 N–H and O–H groups in total. The van der Waals surface area contributed by atoms with E-state index in [0.29, 0.717) is 6.04 Å². The molecule has 0 bridgehead atoms. The van der Waals surface area contributed by atoms with Crippen molar-refractivity contribution in [1.82, 2.24) is 5.32 Å². The van der Waals surface area contributed by atoms with Gasteiger partial charge in [0.2, 0.25) is 0 Å². The molecule has 0 spiro atoms. The lowest BCUT2D eigenvalue weighted by Gasteiger charge is -2.26. The van der Waals surface area contributed by atoms with E-state index in [-0.39, 0.29) is 0 Å². The summed E-state index contributed by atoms with van der Waals surface area (Å²) in [7, 11) is 1.43. The first-order valence-electron chi connectivity index (χ1n) is 9.62. The van der Waals surface area contributed by atoms with Gasteiger partial charge in [0.1, 0.15) is 0 Å². The third-order valence-corrected chi connectivity index (χ3v) is 7.44. The fourth-order valence-corrected chi connectivity index (χ4v) is 6.75. The van der Waals surface area contributed by atoms with E-state index < -0.39 is 7.92 Å². The van der Waals surface area contributed by atoms with Gasteiger partial charge in [-0.2, -0.15) is 0 Å². The van der Waals surface area contributed by atoms with Gasteiger partial charge in [-0.1, -0.05) is 82.9 Å². The molecule has 3 aromatic rings. The minimum atomic E-state index is -0.610. The van der Waals surface area contributed by atoms with Gasteiger partial charge in [0.05, 0.1) is 0 Å². The lowest BCUT2D eigenvalue weighted by atomic mass is 10.1. The van der Waals surface area contributed by atoms with Crippen molar-refractivity contribution in [3.05, 3.63) is 88.5 Å². The summed E-state index contributed by atoms with van der Waals surface area (Å²) < 4.78 is 0. The zero-order chi connectivity index (χ0) is 19.6. The SMILES string of the molecule is CNC(C)c1ccccc1P(c1cc(C)cc(C)c1)c1cc(C)cc(C)c1. The molecule has 3 rings (SSSR count). The lowest BCUT2D eigenvalue weighted by molar-refractivity contribution is 0.656. The zero-order valence-corrected chi connectivity index (χ0v) is 18.2. The first kappa shape index (κ1) is 19.8. The Balaban J connectivity index is 2.29. The molecule has 0 saturated heterocycles. The maximum atomic E-state index is 3.44. The minimum Gasteiger partial charge on any atom is -0.313 e. The Labute approximate surface area is 165 Å². The molecule has 0 aromatic heterocycles. The molecule has 140 valence electrons. The number of hydrogen-bond donors (Lipinski definition) is 1. The fourth-order valence-electron chi connectivity index (χ4n) is 3.80. The molecular weight excluding hydrogens is 345 g/mol. The van der Waals surface area contributed by atoms with Crippen molar-refractivity contribution in [3.63, 3.8) is 0 Å². The van der Waals surface area contributed by atoms with Gasteiger partial charge in [-0.25, -0.2) is 0 Å². The molecule has 0 saturated carbocycles. The van der Waals surface area contributed by atoms with E-state index in [1.54, 1.807) is 0 Å². The van der Waals surface area contributed by atoms with Crippen molar-refractivity contribution in [2.45, 2.75) is 40.7 Å². The van der Waals surface area contributed by atoms with Gasteiger partial charge < -0.3 is 5.32 Å². The van der Waals surface area contributed by atoms with Gasteiger partial charge in [0, 0.05) is 6.04 Å². The minimum absolute atomic E-state index is 0.322. The van der Waals surface area contributed by atoms with Crippen LogP contribution in [0.5, 0.6) is 0 Å². The molecule has 1 atom stereocenters. The second-order valence-electron chi connectivity index (χ2n) is 7.60. The van der Waals surface area contributed by atoms with Gasteiger partial charge in [-0.3, -0.25) is 0 Å². The van der Waals surface area contributed by atoms with E-state index >= 15 is 0 Å². The topological polar surface area (TPSA) is 12.0 Å². The van der Waals surface area contributed by atoms with Crippen LogP contribution < -0.4 is 21.2 Å². The summed E-state index contributed by atoms with van der Waals surface area (Å²) in [6, 6.07) is 23.3. The molecule has 27 heavy (non-hydrogen) atoms. The third kappa shape index (κ3) is 4.49. The Bertz CT molecular complexity index is 853. The van der Waals surface area contributed by atoms with Gasteiger partial charge in [0.25, 0.3) is 0 Å². The van der Waals surface area contributed by atoms with Crippen LogP contribution in [0.2, 0.25) is 0 Å². The highest BCUT2D eigenvalue weighted by atomic mass is 31.1. The van der Waals surface area contributed by atoms with Gasteiger partial charge in [-0.05, 0) is 71.1 Å².